The lowest BCUT2D eigenvalue weighted by Crippen LogP contribution is -2.43. The topological polar surface area (TPSA) is 155 Å². The summed E-state index contributed by atoms with van der Waals surface area (Å²) in [6.45, 7) is 0. The number of carbonyl (C=O) groups excluding carboxylic acids is 4. The molecule has 0 spiro atoms. The molecule has 0 aromatic carbocycles. The number of nitrogens with zero attached hydrogens (tertiary/aromatic N) is 3. The number of carbonyl (C=O) groups is 4. The van der Waals surface area contributed by atoms with Gasteiger partial charge in [-0.05, 0) is 36.4 Å². The van der Waals surface area contributed by atoms with Gasteiger partial charge in [0.25, 0.3) is 23.6 Å². The molecule has 0 saturated heterocycles. The lowest BCUT2D eigenvalue weighted by molar-refractivity contribution is 0.0834. The van der Waals surface area contributed by atoms with Crippen LogP contribution in [0.2, 0.25) is 0 Å². The van der Waals surface area contributed by atoms with Crippen LogP contribution in [0, 0.1) is 0 Å². The van der Waals surface area contributed by atoms with Gasteiger partial charge in [-0.3, -0.25) is 50.8 Å². The average Bonchev–Trinajstić information content (AvgIpc) is 2.81. The number of amides is 4. The predicted molar refractivity (Wildman–Crippen MR) is 103 cm³/mol. The third-order valence-electron chi connectivity index (χ3n) is 3.59. The fourth-order valence-corrected chi connectivity index (χ4v) is 2.16. The molecule has 3 aromatic rings. The second kappa shape index (κ2) is 9.50. The zero-order chi connectivity index (χ0) is 21.3. The van der Waals surface area contributed by atoms with Crippen LogP contribution in [0.25, 0.3) is 0 Å². The van der Waals surface area contributed by atoms with Crippen molar-refractivity contribution >= 4 is 23.6 Å². The first-order valence-corrected chi connectivity index (χ1v) is 8.55. The number of hydrogen-bond acceptors (Lipinski definition) is 7. The molecule has 0 atom stereocenters. The van der Waals surface area contributed by atoms with Crippen LogP contribution in [0.4, 0.5) is 0 Å². The van der Waals surface area contributed by atoms with Crippen molar-refractivity contribution in [2.45, 2.75) is 0 Å². The Hall–Kier alpha value is -4.67. The lowest BCUT2D eigenvalue weighted by atomic mass is 10.3. The Labute approximate surface area is 169 Å². The molecule has 3 heterocycles. The van der Waals surface area contributed by atoms with E-state index in [1.165, 1.54) is 42.7 Å². The Morgan fingerprint density at radius 3 is 1.23 bits per heavy atom. The van der Waals surface area contributed by atoms with Gasteiger partial charge in [-0.2, -0.15) is 0 Å². The van der Waals surface area contributed by atoms with Gasteiger partial charge < -0.3 is 0 Å². The van der Waals surface area contributed by atoms with Gasteiger partial charge in [0, 0.05) is 12.4 Å². The van der Waals surface area contributed by atoms with E-state index >= 15 is 0 Å². The van der Waals surface area contributed by atoms with E-state index in [1.54, 1.807) is 24.3 Å². The first-order valence-electron chi connectivity index (χ1n) is 8.55. The summed E-state index contributed by atoms with van der Waals surface area (Å²) in [5.74, 6) is -2.72. The van der Waals surface area contributed by atoms with Crippen molar-refractivity contribution in [3.05, 3.63) is 89.8 Å². The van der Waals surface area contributed by atoms with E-state index in [-0.39, 0.29) is 22.8 Å². The SMILES string of the molecule is O=C(NNC(=O)c1cccc(C(=O)NNC(=O)c2ccccn2)n1)c1ccccn1. The molecule has 0 bridgehead atoms. The molecule has 11 nitrogen and oxygen atoms in total. The first kappa shape index (κ1) is 20.1. The van der Waals surface area contributed by atoms with Gasteiger partial charge in [0.2, 0.25) is 0 Å². The standard InChI is InChI=1S/C19H15N7O4/c27-16(12-6-1-3-10-20-12)23-25-18(29)14-8-5-9-15(22-14)19(30)26-24-17(28)13-7-2-4-11-21-13/h1-11H,(H,23,27)(H,24,28)(H,25,29)(H,26,30). The van der Waals surface area contributed by atoms with Crippen molar-refractivity contribution in [1.29, 1.82) is 0 Å². The largest absolute Gasteiger partial charge is 0.288 e. The molecule has 3 rings (SSSR count). The van der Waals surface area contributed by atoms with Crippen molar-refractivity contribution in [2.24, 2.45) is 0 Å². The van der Waals surface area contributed by atoms with Gasteiger partial charge in [0.05, 0.1) is 0 Å². The molecule has 3 aromatic heterocycles. The normalized spacial score (nSPS) is 9.87. The molecule has 0 radical (unpaired) electrons. The summed E-state index contributed by atoms with van der Waals surface area (Å²) >= 11 is 0. The minimum absolute atomic E-state index is 0.113. The summed E-state index contributed by atoms with van der Waals surface area (Å²) in [4.78, 5) is 59.8. The van der Waals surface area contributed by atoms with E-state index in [1.807, 2.05) is 0 Å². The van der Waals surface area contributed by atoms with E-state index in [0.717, 1.165) is 0 Å². The minimum atomic E-state index is -0.744. The van der Waals surface area contributed by atoms with E-state index in [4.69, 9.17) is 0 Å². The number of hydrogen-bond donors (Lipinski definition) is 4. The molecule has 0 saturated carbocycles. The molecule has 4 amide bonds. The summed E-state index contributed by atoms with van der Waals surface area (Å²) in [6, 6.07) is 13.6. The highest BCUT2D eigenvalue weighted by atomic mass is 16.2. The van der Waals surface area contributed by atoms with Crippen LogP contribution in [0.3, 0.4) is 0 Å². The molecule has 11 heteroatoms. The fourth-order valence-electron chi connectivity index (χ4n) is 2.16. The zero-order valence-electron chi connectivity index (χ0n) is 15.3. The molecule has 0 aliphatic rings. The highest BCUT2D eigenvalue weighted by Gasteiger charge is 2.15. The Morgan fingerprint density at radius 1 is 0.500 bits per heavy atom. The smallest absolute Gasteiger partial charge is 0.266 e. The van der Waals surface area contributed by atoms with Crippen LogP contribution in [-0.4, -0.2) is 38.6 Å². The molecule has 0 aliphatic heterocycles. The van der Waals surface area contributed by atoms with Crippen LogP contribution in [0.5, 0.6) is 0 Å². The highest BCUT2D eigenvalue weighted by molar-refractivity contribution is 5.99. The van der Waals surface area contributed by atoms with E-state index in [9.17, 15) is 19.2 Å². The highest BCUT2D eigenvalue weighted by Crippen LogP contribution is 2.00. The maximum atomic E-state index is 12.2. The average molecular weight is 405 g/mol. The Balaban J connectivity index is 1.56. The number of hydrazine groups is 2. The van der Waals surface area contributed by atoms with Gasteiger partial charge in [-0.15, -0.1) is 0 Å². The van der Waals surface area contributed by atoms with Crippen molar-refractivity contribution < 1.29 is 19.2 Å². The van der Waals surface area contributed by atoms with Gasteiger partial charge in [0.1, 0.15) is 22.8 Å². The molecular formula is C19H15N7O4. The van der Waals surface area contributed by atoms with Gasteiger partial charge in [-0.1, -0.05) is 18.2 Å². The lowest BCUT2D eigenvalue weighted by Gasteiger charge is -2.09. The minimum Gasteiger partial charge on any atom is -0.266 e. The Morgan fingerprint density at radius 2 is 0.867 bits per heavy atom. The Kier molecular flexibility index (Phi) is 6.36. The second-order valence-corrected chi connectivity index (χ2v) is 5.65. The van der Waals surface area contributed by atoms with Gasteiger partial charge in [-0.25, -0.2) is 4.98 Å². The second-order valence-electron chi connectivity index (χ2n) is 5.65. The van der Waals surface area contributed by atoms with Crippen LogP contribution in [-0.2, 0) is 0 Å². The van der Waals surface area contributed by atoms with Crippen molar-refractivity contribution in [2.75, 3.05) is 0 Å². The molecule has 0 unspecified atom stereocenters. The number of pyridine rings is 3. The van der Waals surface area contributed by atoms with Crippen molar-refractivity contribution in [3.8, 4) is 0 Å². The summed E-state index contributed by atoms with van der Waals surface area (Å²) < 4.78 is 0. The summed E-state index contributed by atoms with van der Waals surface area (Å²) in [7, 11) is 0. The van der Waals surface area contributed by atoms with Gasteiger partial charge in [0.15, 0.2) is 0 Å². The number of aromatic nitrogens is 3. The predicted octanol–water partition coefficient (Wildman–Crippen LogP) is 0.0212. The van der Waals surface area contributed by atoms with Crippen molar-refractivity contribution in [1.82, 2.24) is 36.7 Å². The monoisotopic (exact) mass is 405 g/mol. The molecule has 0 aliphatic carbocycles. The quantitative estimate of drug-likeness (QED) is 0.446. The molecular weight excluding hydrogens is 390 g/mol. The van der Waals surface area contributed by atoms with E-state index < -0.39 is 23.6 Å². The van der Waals surface area contributed by atoms with Crippen LogP contribution < -0.4 is 21.7 Å². The van der Waals surface area contributed by atoms with E-state index in [2.05, 4.69) is 36.7 Å². The molecule has 4 N–H and O–H groups in total. The third-order valence-corrected chi connectivity index (χ3v) is 3.59. The zero-order valence-corrected chi connectivity index (χ0v) is 15.3. The number of rotatable bonds is 4. The molecule has 30 heavy (non-hydrogen) atoms. The summed E-state index contributed by atoms with van der Waals surface area (Å²) in [6.07, 6.45) is 2.88. The first-order chi connectivity index (χ1) is 14.5. The summed E-state index contributed by atoms with van der Waals surface area (Å²) in [5, 5.41) is 0. The summed E-state index contributed by atoms with van der Waals surface area (Å²) in [5.41, 5.74) is 8.74. The van der Waals surface area contributed by atoms with Crippen LogP contribution >= 0.6 is 0 Å². The van der Waals surface area contributed by atoms with Crippen LogP contribution in [0.1, 0.15) is 42.0 Å². The third kappa shape index (κ3) is 5.19. The van der Waals surface area contributed by atoms with Crippen molar-refractivity contribution in [3.63, 3.8) is 0 Å². The van der Waals surface area contributed by atoms with E-state index in [0.29, 0.717) is 0 Å². The number of nitrogens with one attached hydrogen (secondary N) is 4. The molecule has 0 fully saturated rings. The van der Waals surface area contributed by atoms with Gasteiger partial charge >= 0.3 is 0 Å². The Bertz CT molecular complexity index is 992. The molecule has 150 valence electrons. The maximum Gasteiger partial charge on any atom is 0.288 e. The fraction of sp³-hybridized carbons (Fsp3) is 0. The van der Waals surface area contributed by atoms with Crippen LogP contribution in [0.15, 0.2) is 67.0 Å². The maximum absolute atomic E-state index is 12.2.